The molecule has 0 bridgehead atoms. The molecule has 0 saturated heterocycles. The maximum atomic E-state index is 13.7. The molecular formula is C41H28N2OS. The first kappa shape index (κ1) is 26.1. The van der Waals surface area contributed by atoms with Crippen LogP contribution in [0.4, 0.5) is 17.1 Å². The summed E-state index contributed by atoms with van der Waals surface area (Å²) in [5.41, 5.74) is 10.5. The van der Waals surface area contributed by atoms with Crippen LogP contribution in [-0.4, -0.2) is 4.57 Å². The minimum absolute atomic E-state index is 0.0567. The number of nitrogens with zero attached hydrogens (tertiary/aromatic N) is 2. The van der Waals surface area contributed by atoms with E-state index in [0.717, 1.165) is 33.8 Å². The summed E-state index contributed by atoms with van der Waals surface area (Å²) < 4.78 is 2.12. The Morgan fingerprint density at radius 3 is 1.71 bits per heavy atom. The second-order valence-electron chi connectivity index (χ2n) is 11.8. The van der Waals surface area contributed by atoms with E-state index in [1.807, 2.05) is 43.1 Å². The highest BCUT2D eigenvalue weighted by atomic mass is 32.2. The van der Waals surface area contributed by atoms with Crippen molar-refractivity contribution in [2.24, 2.45) is 0 Å². The van der Waals surface area contributed by atoms with Gasteiger partial charge >= 0.3 is 0 Å². The Morgan fingerprint density at radius 1 is 0.556 bits per heavy atom. The van der Waals surface area contributed by atoms with Gasteiger partial charge in [0.15, 0.2) is 5.43 Å². The fraction of sp³-hybridized carbons (Fsp3) is 0.0488. The molecule has 0 unspecified atom stereocenters. The zero-order valence-corrected chi connectivity index (χ0v) is 25.5. The molecule has 45 heavy (non-hydrogen) atoms. The Morgan fingerprint density at radius 2 is 1.09 bits per heavy atom. The van der Waals surface area contributed by atoms with Gasteiger partial charge < -0.3 is 9.47 Å². The van der Waals surface area contributed by atoms with Crippen molar-refractivity contribution in [2.75, 3.05) is 4.90 Å². The van der Waals surface area contributed by atoms with Crippen molar-refractivity contribution in [3.8, 4) is 5.69 Å². The number of rotatable bonds is 2. The minimum Gasteiger partial charge on any atom is -0.316 e. The molecule has 0 fully saturated rings. The fourth-order valence-corrected chi connectivity index (χ4v) is 8.68. The normalized spacial score (nSPS) is 14.0. The van der Waals surface area contributed by atoms with Crippen LogP contribution in [-0.2, 0) is 5.41 Å². The summed E-state index contributed by atoms with van der Waals surface area (Å²) in [5.74, 6) is 0. The maximum Gasteiger partial charge on any atom is 0.192 e. The van der Waals surface area contributed by atoms with Gasteiger partial charge in [0.2, 0.25) is 0 Å². The number of aryl methyl sites for hydroxylation is 1. The van der Waals surface area contributed by atoms with Gasteiger partial charge in [-0.05, 0) is 83.8 Å². The van der Waals surface area contributed by atoms with E-state index in [1.54, 1.807) is 0 Å². The zero-order chi connectivity index (χ0) is 30.1. The van der Waals surface area contributed by atoms with Crippen LogP contribution in [0.15, 0.2) is 166 Å². The standard InChI is InChI=1S/C41H28N2OS/c1-27-26-42(28-13-3-2-4-14-28)35-24-23-29(25-30(35)40(27)44)43-36-19-9-5-15-31(36)41(32-16-6-10-20-37(32)43)33-17-7-11-21-38(33)45-39-22-12-8-18-34(39)41/h2-26H,1H3. The largest absolute Gasteiger partial charge is 0.316 e. The van der Waals surface area contributed by atoms with Crippen molar-refractivity contribution in [3.05, 3.63) is 190 Å². The molecule has 0 saturated carbocycles. The summed E-state index contributed by atoms with van der Waals surface area (Å²) in [7, 11) is 0. The predicted molar refractivity (Wildman–Crippen MR) is 185 cm³/mol. The number of fused-ring (bicyclic) bond motifs is 9. The van der Waals surface area contributed by atoms with E-state index < -0.39 is 5.41 Å². The Kier molecular flexibility index (Phi) is 5.71. The van der Waals surface area contributed by atoms with E-state index in [0.29, 0.717) is 5.39 Å². The molecule has 2 aliphatic heterocycles. The smallest absolute Gasteiger partial charge is 0.192 e. The highest BCUT2D eigenvalue weighted by molar-refractivity contribution is 7.99. The van der Waals surface area contributed by atoms with Gasteiger partial charge in [-0.3, -0.25) is 4.79 Å². The Labute approximate surface area is 266 Å². The molecule has 0 atom stereocenters. The first-order chi connectivity index (χ1) is 22.2. The van der Waals surface area contributed by atoms with Gasteiger partial charge in [-0.1, -0.05) is 103 Å². The predicted octanol–water partition coefficient (Wildman–Crippen LogP) is 9.93. The van der Waals surface area contributed by atoms with Crippen molar-refractivity contribution in [1.82, 2.24) is 4.57 Å². The molecule has 2 aliphatic rings. The zero-order valence-electron chi connectivity index (χ0n) is 24.6. The third-order valence-corrected chi connectivity index (χ3v) is 10.5. The summed E-state index contributed by atoms with van der Waals surface area (Å²) in [6.45, 7) is 1.90. The first-order valence-corrected chi connectivity index (χ1v) is 16.1. The van der Waals surface area contributed by atoms with Crippen LogP contribution in [0.1, 0.15) is 27.8 Å². The van der Waals surface area contributed by atoms with Crippen LogP contribution in [0.5, 0.6) is 0 Å². The van der Waals surface area contributed by atoms with Crippen LogP contribution in [0.2, 0.25) is 0 Å². The number of hydrogen-bond donors (Lipinski definition) is 0. The van der Waals surface area contributed by atoms with Crippen molar-refractivity contribution in [3.63, 3.8) is 0 Å². The number of para-hydroxylation sites is 3. The molecular weight excluding hydrogens is 569 g/mol. The number of aromatic nitrogens is 1. The van der Waals surface area contributed by atoms with Gasteiger partial charge in [0.25, 0.3) is 0 Å². The van der Waals surface area contributed by atoms with E-state index >= 15 is 0 Å². The molecule has 3 nitrogen and oxygen atoms in total. The third kappa shape index (κ3) is 3.63. The van der Waals surface area contributed by atoms with Crippen molar-refractivity contribution >= 4 is 39.7 Å². The van der Waals surface area contributed by atoms with E-state index in [4.69, 9.17) is 0 Å². The van der Waals surface area contributed by atoms with E-state index in [-0.39, 0.29) is 5.43 Å². The summed E-state index contributed by atoms with van der Waals surface area (Å²) in [4.78, 5) is 18.6. The quantitative estimate of drug-likeness (QED) is 0.199. The van der Waals surface area contributed by atoms with Crippen LogP contribution in [0.3, 0.4) is 0 Å². The van der Waals surface area contributed by atoms with E-state index in [1.165, 1.54) is 32.0 Å². The molecule has 6 aromatic carbocycles. The lowest BCUT2D eigenvalue weighted by molar-refractivity contribution is 0.692. The summed E-state index contributed by atoms with van der Waals surface area (Å²) in [5, 5.41) is 0.705. The summed E-state index contributed by atoms with van der Waals surface area (Å²) in [6.07, 6.45) is 1.95. The third-order valence-electron chi connectivity index (χ3n) is 9.36. The minimum atomic E-state index is -0.490. The molecule has 214 valence electrons. The van der Waals surface area contributed by atoms with Crippen molar-refractivity contribution < 1.29 is 0 Å². The molecule has 1 spiro atoms. The Bertz CT molecular complexity index is 2260. The second kappa shape index (κ2) is 9.85. The second-order valence-corrected chi connectivity index (χ2v) is 12.8. The molecule has 0 radical (unpaired) electrons. The summed E-state index contributed by atoms with van der Waals surface area (Å²) in [6, 6.07) is 51.8. The van der Waals surface area contributed by atoms with Crippen LogP contribution in [0, 0.1) is 6.92 Å². The highest BCUT2D eigenvalue weighted by Crippen LogP contribution is 2.62. The molecule has 0 N–H and O–H groups in total. The van der Waals surface area contributed by atoms with Crippen LogP contribution >= 0.6 is 11.8 Å². The molecule has 0 aliphatic carbocycles. The van der Waals surface area contributed by atoms with Gasteiger partial charge in [0.1, 0.15) is 0 Å². The van der Waals surface area contributed by atoms with Crippen LogP contribution < -0.4 is 10.3 Å². The molecule has 0 amide bonds. The Balaban J connectivity index is 1.35. The lowest BCUT2D eigenvalue weighted by Crippen LogP contribution is -2.39. The summed E-state index contributed by atoms with van der Waals surface area (Å²) >= 11 is 1.85. The Hall–Kier alpha value is -5.32. The number of anilines is 3. The van der Waals surface area contributed by atoms with Gasteiger partial charge in [0, 0.05) is 38.3 Å². The number of benzene rings is 6. The van der Waals surface area contributed by atoms with E-state index in [9.17, 15) is 4.79 Å². The fourth-order valence-electron chi connectivity index (χ4n) is 7.49. The number of hydrogen-bond acceptors (Lipinski definition) is 3. The molecule has 1 aromatic heterocycles. The van der Waals surface area contributed by atoms with Gasteiger partial charge in [-0.2, -0.15) is 0 Å². The lowest BCUT2D eigenvalue weighted by atomic mass is 9.62. The molecule has 7 aromatic rings. The van der Waals surface area contributed by atoms with Gasteiger partial charge in [0.05, 0.1) is 22.3 Å². The molecule has 9 rings (SSSR count). The highest BCUT2D eigenvalue weighted by Gasteiger charge is 2.50. The van der Waals surface area contributed by atoms with E-state index in [2.05, 4.69) is 137 Å². The van der Waals surface area contributed by atoms with Gasteiger partial charge in [-0.15, -0.1) is 0 Å². The van der Waals surface area contributed by atoms with Crippen molar-refractivity contribution in [1.29, 1.82) is 0 Å². The SMILES string of the molecule is Cc1cn(-c2ccccc2)c2ccc(N3c4ccccc4C4(c5ccccc5Sc5ccccc54)c4ccccc43)cc2c1=O. The topological polar surface area (TPSA) is 25.2 Å². The molecule has 4 heteroatoms. The van der Waals surface area contributed by atoms with Crippen molar-refractivity contribution in [2.45, 2.75) is 22.1 Å². The maximum absolute atomic E-state index is 13.7. The first-order valence-electron chi connectivity index (χ1n) is 15.2. The average molecular weight is 597 g/mol. The number of pyridine rings is 1. The lowest BCUT2D eigenvalue weighted by Gasteiger charge is -2.49. The van der Waals surface area contributed by atoms with Crippen LogP contribution in [0.25, 0.3) is 16.6 Å². The average Bonchev–Trinajstić information content (AvgIpc) is 3.10. The monoisotopic (exact) mass is 596 g/mol. The van der Waals surface area contributed by atoms with Gasteiger partial charge in [-0.25, -0.2) is 0 Å². The molecule has 3 heterocycles.